The van der Waals surface area contributed by atoms with Gasteiger partial charge in [-0.15, -0.1) is 0 Å². The standard InChI is InChI=1S/C21H31N3O6/c1-14(29-17-7-5-16(25)6-8-17)19(27)24-11-9-15(10-12-24)23-18(26)13-22-20(28)30-21(2,3)4/h5-8,14-15,25H,9-13H2,1-4H3,(H,22,28)(H,23,26). The number of benzene rings is 1. The van der Waals surface area contributed by atoms with Crippen LogP contribution in [0.5, 0.6) is 11.5 Å². The van der Waals surface area contributed by atoms with Gasteiger partial charge in [-0.3, -0.25) is 9.59 Å². The Morgan fingerprint density at radius 1 is 1.17 bits per heavy atom. The minimum atomic E-state index is -0.654. The van der Waals surface area contributed by atoms with Crippen molar-refractivity contribution < 1.29 is 29.0 Å². The normalized spacial score (nSPS) is 15.8. The largest absolute Gasteiger partial charge is 0.508 e. The number of aromatic hydroxyl groups is 1. The van der Waals surface area contributed by atoms with Gasteiger partial charge < -0.3 is 30.1 Å². The van der Waals surface area contributed by atoms with Crippen molar-refractivity contribution in [2.24, 2.45) is 0 Å². The van der Waals surface area contributed by atoms with Crippen LogP contribution in [0.15, 0.2) is 24.3 Å². The molecule has 9 heteroatoms. The number of rotatable bonds is 6. The fourth-order valence-corrected chi connectivity index (χ4v) is 3.03. The van der Waals surface area contributed by atoms with E-state index in [1.807, 2.05) is 0 Å². The Morgan fingerprint density at radius 2 is 1.77 bits per heavy atom. The van der Waals surface area contributed by atoms with Crippen molar-refractivity contribution in [1.82, 2.24) is 15.5 Å². The van der Waals surface area contributed by atoms with E-state index >= 15 is 0 Å². The second kappa shape index (κ2) is 10.2. The first-order valence-corrected chi connectivity index (χ1v) is 10.0. The van der Waals surface area contributed by atoms with Gasteiger partial charge in [0.25, 0.3) is 5.91 Å². The molecule has 3 N–H and O–H groups in total. The molecule has 0 aliphatic carbocycles. The van der Waals surface area contributed by atoms with Crippen LogP contribution in [0, 0.1) is 0 Å². The van der Waals surface area contributed by atoms with Crippen molar-refractivity contribution >= 4 is 17.9 Å². The lowest BCUT2D eigenvalue weighted by Gasteiger charge is -2.33. The quantitative estimate of drug-likeness (QED) is 0.645. The van der Waals surface area contributed by atoms with Gasteiger partial charge in [-0.1, -0.05) is 0 Å². The fraction of sp³-hybridized carbons (Fsp3) is 0.571. The van der Waals surface area contributed by atoms with Crippen molar-refractivity contribution in [2.45, 2.75) is 58.3 Å². The topological polar surface area (TPSA) is 117 Å². The molecular weight excluding hydrogens is 390 g/mol. The molecule has 1 atom stereocenters. The zero-order valence-corrected chi connectivity index (χ0v) is 17.9. The van der Waals surface area contributed by atoms with E-state index in [0.29, 0.717) is 31.7 Å². The SMILES string of the molecule is CC(Oc1ccc(O)cc1)C(=O)N1CCC(NC(=O)CNC(=O)OC(C)(C)C)CC1. The number of phenolic OH excluding ortho intramolecular Hbond substituents is 1. The Kier molecular flexibility index (Phi) is 7.91. The van der Waals surface area contributed by atoms with E-state index in [2.05, 4.69) is 10.6 Å². The Balaban J connectivity index is 1.70. The van der Waals surface area contributed by atoms with Gasteiger partial charge in [-0.05, 0) is 64.8 Å². The first-order chi connectivity index (χ1) is 14.0. The van der Waals surface area contributed by atoms with E-state index in [1.165, 1.54) is 12.1 Å². The van der Waals surface area contributed by atoms with Crippen LogP contribution < -0.4 is 15.4 Å². The number of alkyl carbamates (subject to hydrolysis) is 1. The highest BCUT2D eigenvalue weighted by Gasteiger charge is 2.28. The van der Waals surface area contributed by atoms with E-state index in [9.17, 15) is 19.5 Å². The lowest BCUT2D eigenvalue weighted by atomic mass is 10.0. The summed E-state index contributed by atoms with van der Waals surface area (Å²) in [6.45, 7) is 7.78. The van der Waals surface area contributed by atoms with Gasteiger partial charge in [0.1, 0.15) is 23.6 Å². The molecule has 3 amide bonds. The molecule has 30 heavy (non-hydrogen) atoms. The molecule has 0 bridgehead atoms. The van der Waals surface area contributed by atoms with Gasteiger partial charge in [0.2, 0.25) is 5.91 Å². The average Bonchev–Trinajstić information content (AvgIpc) is 2.67. The number of ether oxygens (including phenoxy) is 2. The van der Waals surface area contributed by atoms with Crippen molar-refractivity contribution in [3.8, 4) is 11.5 Å². The summed E-state index contributed by atoms with van der Waals surface area (Å²) < 4.78 is 10.7. The number of carbonyl (C=O) groups is 3. The predicted octanol–water partition coefficient (Wildman–Crippen LogP) is 1.79. The fourth-order valence-electron chi connectivity index (χ4n) is 3.03. The second-order valence-corrected chi connectivity index (χ2v) is 8.28. The van der Waals surface area contributed by atoms with Crippen LogP contribution >= 0.6 is 0 Å². The molecule has 166 valence electrons. The number of phenols is 1. The highest BCUT2D eigenvalue weighted by molar-refractivity contribution is 5.83. The maximum Gasteiger partial charge on any atom is 0.408 e. The molecule has 1 aromatic rings. The number of likely N-dealkylation sites (tertiary alicyclic amines) is 1. The van der Waals surface area contributed by atoms with Gasteiger partial charge >= 0.3 is 6.09 Å². The minimum Gasteiger partial charge on any atom is -0.508 e. The molecule has 9 nitrogen and oxygen atoms in total. The van der Waals surface area contributed by atoms with Gasteiger partial charge in [0, 0.05) is 19.1 Å². The summed E-state index contributed by atoms with van der Waals surface area (Å²) in [5.41, 5.74) is -0.622. The summed E-state index contributed by atoms with van der Waals surface area (Å²) in [4.78, 5) is 37.9. The van der Waals surface area contributed by atoms with Crippen LogP contribution in [0.2, 0.25) is 0 Å². The molecule has 1 aromatic carbocycles. The van der Waals surface area contributed by atoms with Crippen molar-refractivity contribution in [1.29, 1.82) is 0 Å². The van der Waals surface area contributed by atoms with E-state index in [1.54, 1.807) is 44.7 Å². The number of nitrogens with zero attached hydrogens (tertiary/aromatic N) is 1. The maximum absolute atomic E-state index is 12.6. The highest BCUT2D eigenvalue weighted by Crippen LogP contribution is 2.19. The Hall–Kier alpha value is -2.97. The molecule has 1 heterocycles. The number of nitrogens with one attached hydrogen (secondary N) is 2. The summed E-state index contributed by atoms with van der Waals surface area (Å²) in [6.07, 6.45) is -0.0505. The van der Waals surface area contributed by atoms with Crippen molar-refractivity contribution in [3.63, 3.8) is 0 Å². The molecule has 1 aliphatic heterocycles. The van der Waals surface area contributed by atoms with Crippen molar-refractivity contribution in [2.75, 3.05) is 19.6 Å². The Labute approximate surface area is 176 Å². The Bertz CT molecular complexity index is 736. The smallest absolute Gasteiger partial charge is 0.408 e. The average molecular weight is 421 g/mol. The number of amides is 3. The van der Waals surface area contributed by atoms with Crippen LogP contribution in [-0.2, 0) is 14.3 Å². The zero-order chi connectivity index (χ0) is 22.3. The van der Waals surface area contributed by atoms with Crippen LogP contribution in [0.3, 0.4) is 0 Å². The van der Waals surface area contributed by atoms with E-state index in [-0.39, 0.29) is 30.2 Å². The first-order valence-electron chi connectivity index (χ1n) is 10.0. The van der Waals surface area contributed by atoms with Gasteiger partial charge in [-0.2, -0.15) is 0 Å². The van der Waals surface area contributed by atoms with Crippen LogP contribution in [-0.4, -0.2) is 65.3 Å². The maximum atomic E-state index is 12.6. The highest BCUT2D eigenvalue weighted by atomic mass is 16.6. The Morgan fingerprint density at radius 3 is 2.33 bits per heavy atom. The molecule has 1 aliphatic rings. The van der Waals surface area contributed by atoms with Crippen molar-refractivity contribution in [3.05, 3.63) is 24.3 Å². The third kappa shape index (κ3) is 7.81. The lowest BCUT2D eigenvalue weighted by molar-refractivity contribution is -0.139. The molecule has 0 radical (unpaired) electrons. The lowest BCUT2D eigenvalue weighted by Crippen LogP contribution is -2.51. The molecular formula is C21H31N3O6. The van der Waals surface area contributed by atoms with Crippen LogP contribution in [0.25, 0.3) is 0 Å². The molecule has 2 rings (SSSR count). The summed E-state index contributed by atoms with van der Waals surface area (Å²) >= 11 is 0. The molecule has 0 saturated carbocycles. The summed E-state index contributed by atoms with van der Waals surface area (Å²) in [7, 11) is 0. The molecule has 0 aromatic heterocycles. The third-order valence-electron chi connectivity index (χ3n) is 4.46. The number of carbonyl (C=O) groups excluding carboxylic acids is 3. The molecule has 1 saturated heterocycles. The molecule has 1 unspecified atom stereocenters. The number of hydrogen-bond donors (Lipinski definition) is 3. The second-order valence-electron chi connectivity index (χ2n) is 8.28. The zero-order valence-electron chi connectivity index (χ0n) is 17.9. The van der Waals surface area contributed by atoms with E-state index < -0.39 is 17.8 Å². The minimum absolute atomic E-state index is 0.0599. The first kappa shape index (κ1) is 23.3. The van der Waals surface area contributed by atoms with Gasteiger partial charge in [0.15, 0.2) is 6.10 Å². The summed E-state index contributed by atoms with van der Waals surface area (Å²) in [6, 6.07) is 6.14. The number of piperidine rings is 1. The predicted molar refractivity (Wildman–Crippen MR) is 110 cm³/mol. The third-order valence-corrected chi connectivity index (χ3v) is 4.46. The summed E-state index contributed by atoms with van der Waals surface area (Å²) in [5, 5.41) is 14.6. The molecule has 1 fully saturated rings. The summed E-state index contributed by atoms with van der Waals surface area (Å²) in [5.74, 6) is 0.217. The van der Waals surface area contributed by atoms with Gasteiger partial charge in [0.05, 0.1) is 0 Å². The van der Waals surface area contributed by atoms with E-state index in [0.717, 1.165) is 0 Å². The number of hydrogen-bond acceptors (Lipinski definition) is 6. The van der Waals surface area contributed by atoms with E-state index in [4.69, 9.17) is 9.47 Å². The van der Waals surface area contributed by atoms with Crippen LogP contribution in [0.4, 0.5) is 4.79 Å². The molecule has 0 spiro atoms. The van der Waals surface area contributed by atoms with Gasteiger partial charge in [-0.25, -0.2) is 4.79 Å². The monoisotopic (exact) mass is 421 g/mol. The van der Waals surface area contributed by atoms with Crippen LogP contribution in [0.1, 0.15) is 40.5 Å².